The molecule has 0 aliphatic carbocycles. The maximum atomic E-state index is 5.79. The molecule has 0 amide bonds. The van der Waals surface area contributed by atoms with Gasteiger partial charge in [-0.05, 0) is 25.5 Å². The molecule has 1 saturated heterocycles. The van der Waals surface area contributed by atoms with E-state index in [0.717, 1.165) is 25.2 Å². The van der Waals surface area contributed by atoms with Gasteiger partial charge in [0.05, 0.1) is 25.5 Å². The maximum absolute atomic E-state index is 5.79. The highest BCUT2D eigenvalue weighted by Crippen LogP contribution is 2.11. The van der Waals surface area contributed by atoms with Crippen LogP contribution < -0.4 is 10.1 Å². The van der Waals surface area contributed by atoms with Crippen molar-refractivity contribution in [3.63, 3.8) is 0 Å². The third kappa shape index (κ3) is 3.18. The second kappa shape index (κ2) is 5.82. The molecule has 0 bridgehead atoms. The molecule has 1 aromatic rings. The molecule has 0 unspecified atom stereocenters. The summed E-state index contributed by atoms with van der Waals surface area (Å²) in [5, 5.41) is 3.32. The number of hydrogen-bond donors (Lipinski definition) is 1. The van der Waals surface area contributed by atoms with Crippen molar-refractivity contribution in [2.24, 2.45) is 0 Å². The summed E-state index contributed by atoms with van der Waals surface area (Å²) in [4.78, 5) is 4.31. The van der Waals surface area contributed by atoms with Crippen molar-refractivity contribution in [3.05, 3.63) is 23.9 Å². The average Bonchev–Trinajstić information content (AvgIpc) is 2.38. The smallest absolute Gasteiger partial charge is 0.213 e. The molecule has 1 N–H and O–H groups in total. The summed E-state index contributed by atoms with van der Waals surface area (Å²) < 4.78 is 10.9. The zero-order valence-corrected chi connectivity index (χ0v) is 9.61. The van der Waals surface area contributed by atoms with Gasteiger partial charge in [-0.2, -0.15) is 0 Å². The number of nitrogens with one attached hydrogen (secondary N) is 1. The van der Waals surface area contributed by atoms with Gasteiger partial charge in [-0.1, -0.05) is 6.07 Å². The van der Waals surface area contributed by atoms with E-state index in [9.17, 15) is 0 Å². The molecule has 1 fully saturated rings. The number of piperidine rings is 1. The van der Waals surface area contributed by atoms with E-state index in [1.807, 2.05) is 18.2 Å². The van der Waals surface area contributed by atoms with Crippen LogP contribution in [0.1, 0.15) is 18.5 Å². The number of methoxy groups -OCH3 is 1. The summed E-state index contributed by atoms with van der Waals surface area (Å²) >= 11 is 0. The molecule has 4 heteroatoms. The number of ether oxygens (including phenoxy) is 2. The number of pyridine rings is 1. The largest absolute Gasteiger partial charge is 0.481 e. The summed E-state index contributed by atoms with van der Waals surface area (Å²) in [5.74, 6) is 0.642. The SMILES string of the molecule is COc1cccc(CO[C@H]2CCCNC2)n1. The second-order valence-electron chi connectivity index (χ2n) is 3.95. The van der Waals surface area contributed by atoms with E-state index in [4.69, 9.17) is 9.47 Å². The van der Waals surface area contributed by atoms with Crippen molar-refractivity contribution in [1.82, 2.24) is 10.3 Å². The van der Waals surface area contributed by atoms with Crippen molar-refractivity contribution >= 4 is 0 Å². The normalized spacial score (nSPS) is 20.7. The molecule has 2 rings (SSSR count). The average molecular weight is 222 g/mol. The molecule has 1 aliphatic rings. The zero-order valence-electron chi connectivity index (χ0n) is 9.61. The number of nitrogens with zero attached hydrogens (tertiary/aromatic N) is 1. The Morgan fingerprint density at radius 2 is 2.44 bits per heavy atom. The van der Waals surface area contributed by atoms with E-state index >= 15 is 0 Å². The Hall–Kier alpha value is -1.13. The minimum atomic E-state index is 0.321. The molecule has 4 nitrogen and oxygen atoms in total. The van der Waals surface area contributed by atoms with Gasteiger partial charge < -0.3 is 14.8 Å². The predicted octanol–water partition coefficient (Wildman–Crippen LogP) is 1.36. The van der Waals surface area contributed by atoms with Gasteiger partial charge in [-0.25, -0.2) is 4.98 Å². The van der Waals surface area contributed by atoms with Crippen LogP contribution in [0.15, 0.2) is 18.2 Å². The molecule has 0 aromatic carbocycles. The number of hydrogen-bond acceptors (Lipinski definition) is 4. The number of rotatable bonds is 4. The standard InChI is InChI=1S/C12H18N2O2/c1-15-12-6-2-4-10(14-12)9-16-11-5-3-7-13-8-11/h2,4,6,11,13H,3,5,7-9H2,1H3/t11-/m0/s1. The summed E-state index contributed by atoms with van der Waals surface area (Å²) in [7, 11) is 1.62. The van der Waals surface area contributed by atoms with Crippen LogP contribution in [0.4, 0.5) is 0 Å². The van der Waals surface area contributed by atoms with Crippen molar-refractivity contribution in [2.75, 3.05) is 20.2 Å². The third-order valence-electron chi connectivity index (χ3n) is 2.71. The molecule has 0 saturated carbocycles. The minimum absolute atomic E-state index is 0.321. The fourth-order valence-corrected chi connectivity index (χ4v) is 1.82. The summed E-state index contributed by atoms with van der Waals surface area (Å²) in [6, 6.07) is 5.73. The van der Waals surface area contributed by atoms with Gasteiger partial charge in [-0.15, -0.1) is 0 Å². The van der Waals surface area contributed by atoms with Crippen LogP contribution in [0.5, 0.6) is 5.88 Å². The second-order valence-corrected chi connectivity index (χ2v) is 3.95. The highest BCUT2D eigenvalue weighted by molar-refractivity contribution is 5.15. The summed E-state index contributed by atoms with van der Waals surface area (Å²) in [5.41, 5.74) is 0.921. The number of aromatic nitrogens is 1. The van der Waals surface area contributed by atoms with Crippen LogP contribution >= 0.6 is 0 Å². The highest BCUT2D eigenvalue weighted by atomic mass is 16.5. The van der Waals surface area contributed by atoms with Gasteiger partial charge in [0.2, 0.25) is 5.88 Å². The van der Waals surface area contributed by atoms with Gasteiger partial charge in [-0.3, -0.25) is 0 Å². The Kier molecular flexibility index (Phi) is 4.13. The van der Waals surface area contributed by atoms with E-state index in [0.29, 0.717) is 18.6 Å². The van der Waals surface area contributed by atoms with E-state index in [2.05, 4.69) is 10.3 Å². The van der Waals surface area contributed by atoms with Crippen LogP contribution in [-0.4, -0.2) is 31.3 Å². The Morgan fingerprint density at radius 1 is 1.50 bits per heavy atom. The first-order valence-electron chi connectivity index (χ1n) is 5.71. The Morgan fingerprint density at radius 3 is 3.19 bits per heavy atom. The Labute approximate surface area is 96.0 Å². The molecule has 0 spiro atoms. The lowest BCUT2D eigenvalue weighted by Gasteiger charge is -2.22. The fraction of sp³-hybridized carbons (Fsp3) is 0.583. The minimum Gasteiger partial charge on any atom is -0.481 e. The lowest BCUT2D eigenvalue weighted by molar-refractivity contribution is 0.0234. The molecular weight excluding hydrogens is 204 g/mol. The molecule has 1 aromatic heterocycles. The Bertz CT molecular complexity index is 325. The third-order valence-corrected chi connectivity index (χ3v) is 2.71. The first kappa shape index (κ1) is 11.4. The highest BCUT2D eigenvalue weighted by Gasteiger charge is 2.13. The van der Waals surface area contributed by atoms with Crippen LogP contribution in [0.3, 0.4) is 0 Å². The lowest BCUT2D eigenvalue weighted by Crippen LogP contribution is -2.35. The van der Waals surface area contributed by atoms with Gasteiger partial charge in [0.1, 0.15) is 0 Å². The van der Waals surface area contributed by atoms with Gasteiger partial charge >= 0.3 is 0 Å². The first-order chi connectivity index (χ1) is 7.88. The van der Waals surface area contributed by atoms with E-state index < -0.39 is 0 Å². The van der Waals surface area contributed by atoms with Gasteiger partial charge in [0.15, 0.2) is 0 Å². The lowest BCUT2D eigenvalue weighted by atomic mass is 10.1. The Balaban J connectivity index is 1.83. The monoisotopic (exact) mass is 222 g/mol. The van der Waals surface area contributed by atoms with Crippen molar-refractivity contribution in [2.45, 2.75) is 25.6 Å². The van der Waals surface area contributed by atoms with Crippen LogP contribution in [-0.2, 0) is 11.3 Å². The quantitative estimate of drug-likeness (QED) is 0.835. The molecule has 2 heterocycles. The van der Waals surface area contributed by atoms with Crippen molar-refractivity contribution in [3.8, 4) is 5.88 Å². The van der Waals surface area contributed by atoms with E-state index in [1.165, 1.54) is 6.42 Å². The molecule has 1 aliphatic heterocycles. The van der Waals surface area contributed by atoms with E-state index in [-0.39, 0.29) is 0 Å². The predicted molar refractivity (Wildman–Crippen MR) is 61.5 cm³/mol. The summed E-state index contributed by atoms with van der Waals surface area (Å²) in [6.45, 7) is 2.62. The van der Waals surface area contributed by atoms with Crippen molar-refractivity contribution < 1.29 is 9.47 Å². The summed E-state index contributed by atoms with van der Waals surface area (Å²) in [6.07, 6.45) is 2.65. The zero-order chi connectivity index (χ0) is 11.2. The van der Waals surface area contributed by atoms with Gasteiger partial charge in [0, 0.05) is 12.6 Å². The molecule has 1 atom stereocenters. The van der Waals surface area contributed by atoms with Crippen LogP contribution in [0.2, 0.25) is 0 Å². The van der Waals surface area contributed by atoms with E-state index in [1.54, 1.807) is 7.11 Å². The van der Waals surface area contributed by atoms with Crippen LogP contribution in [0.25, 0.3) is 0 Å². The molecule has 88 valence electrons. The first-order valence-corrected chi connectivity index (χ1v) is 5.71. The van der Waals surface area contributed by atoms with Crippen molar-refractivity contribution in [1.29, 1.82) is 0 Å². The molecule has 0 radical (unpaired) electrons. The molecule has 16 heavy (non-hydrogen) atoms. The molecular formula is C12H18N2O2. The van der Waals surface area contributed by atoms with Crippen LogP contribution in [0, 0.1) is 0 Å². The van der Waals surface area contributed by atoms with Gasteiger partial charge in [0.25, 0.3) is 0 Å². The fourth-order valence-electron chi connectivity index (χ4n) is 1.82. The maximum Gasteiger partial charge on any atom is 0.213 e. The topological polar surface area (TPSA) is 43.4 Å².